The summed E-state index contributed by atoms with van der Waals surface area (Å²) in [6.07, 6.45) is 0. The fourth-order valence-electron chi connectivity index (χ4n) is 1.02. The van der Waals surface area contributed by atoms with Crippen molar-refractivity contribution in [2.75, 3.05) is 6.61 Å². The Balaban J connectivity index is 2.79. The molecule has 0 aliphatic heterocycles. The Labute approximate surface area is 81.4 Å². The summed E-state index contributed by atoms with van der Waals surface area (Å²) in [5.41, 5.74) is 0.385. The van der Waals surface area contributed by atoms with Crippen LogP contribution in [0.4, 0.5) is 8.78 Å². The first-order valence-electron chi connectivity index (χ1n) is 4.17. The van der Waals surface area contributed by atoms with Gasteiger partial charge < -0.3 is 9.47 Å². The van der Waals surface area contributed by atoms with E-state index in [9.17, 15) is 8.78 Å². The molecule has 0 atom stereocenters. The molecule has 0 aliphatic rings. The number of hydrogen-bond donors (Lipinski definition) is 0. The lowest BCUT2D eigenvalue weighted by Gasteiger charge is -2.09. The van der Waals surface area contributed by atoms with E-state index in [0.29, 0.717) is 17.9 Å². The van der Waals surface area contributed by atoms with E-state index in [1.165, 1.54) is 6.07 Å². The largest absolute Gasteiger partial charge is 0.494 e. The minimum Gasteiger partial charge on any atom is -0.494 e. The van der Waals surface area contributed by atoms with E-state index in [1.807, 2.05) is 6.92 Å². The molecule has 0 bridgehead atoms. The second-order valence-electron chi connectivity index (χ2n) is 2.58. The second kappa shape index (κ2) is 4.79. The van der Waals surface area contributed by atoms with Crippen LogP contribution in [0.3, 0.4) is 0 Å². The highest BCUT2D eigenvalue weighted by Gasteiger charge is 2.07. The predicted octanol–water partition coefficient (Wildman–Crippen LogP) is 2.87. The van der Waals surface area contributed by atoms with Gasteiger partial charge in [-0.25, -0.2) is 0 Å². The Bertz CT molecular complexity index is 300. The summed E-state index contributed by atoms with van der Waals surface area (Å²) in [6.45, 7) is 3.11. The van der Waals surface area contributed by atoms with Gasteiger partial charge in [-0.3, -0.25) is 0 Å². The van der Waals surface area contributed by atoms with Gasteiger partial charge in [-0.1, -0.05) is 0 Å². The van der Waals surface area contributed by atoms with Crippen LogP contribution in [0.15, 0.2) is 18.2 Å². The van der Waals surface area contributed by atoms with Crippen LogP contribution in [-0.4, -0.2) is 13.2 Å². The van der Waals surface area contributed by atoms with Crippen molar-refractivity contribution in [3.8, 4) is 11.5 Å². The summed E-state index contributed by atoms with van der Waals surface area (Å²) in [7, 11) is 0. The quantitative estimate of drug-likeness (QED) is 0.745. The number of ether oxygens (including phenoxy) is 2. The van der Waals surface area contributed by atoms with Crippen molar-refractivity contribution >= 4 is 0 Å². The van der Waals surface area contributed by atoms with E-state index >= 15 is 0 Å². The van der Waals surface area contributed by atoms with Crippen LogP contribution in [0.1, 0.15) is 12.5 Å². The van der Waals surface area contributed by atoms with Gasteiger partial charge in [0.25, 0.3) is 0 Å². The minimum absolute atomic E-state index is 0.0726. The van der Waals surface area contributed by atoms with Gasteiger partial charge in [0.05, 0.1) is 6.61 Å². The number of benzene rings is 1. The lowest BCUT2D eigenvalue weighted by Crippen LogP contribution is -2.03. The molecule has 0 unspecified atom stereocenters. The van der Waals surface area contributed by atoms with Gasteiger partial charge in [-0.2, -0.15) is 8.78 Å². The Hall–Kier alpha value is -1.32. The first-order valence-corrected chi connectivity index (χ1v) is 4.17. The maximum atomic E-state index is 11.9. The molecule has 0 fully saturated rings. The fourth-order valence-corrected chi connectivity index (χ4v) is 1.02. The summed E-state index contributed by atoms with van der Waals surface area (Å²) in [6, 6.07) is 4.54. The highest BCUT2D eigenvalue weighted by Crippen LogP contribution is 2.24. The molecular weight excluding hydrogens is 190 g/mol. The van der Waals surface area contributed by atoms with Crippen molar-refractivity contribution < 1.29 is 18.3 Å². The molecule has 2 nitrogen and oxygen atoms in total. The average molecular weight is 201 g/mol. The van der Waals surface area contributed by atoms with Crippen LogP contribution in [0.2, 0.25) is 0 Å². The van der Waals surface area contributed by atoms with Crippen LogP contribution in [0.5, 0.6) is 11.5 Å². The van der Waals surface area contributed by atoms with Crippen molar-refractivity contribution in [2.24, 2.45) is 0 Å². The first kappa shape index (κ1) is 10.8. The van der Waals surface area contributed by atoms with Gasteiger partial charge in [0.2, 0.25) is 0 Å². The molecular formula is C10H11F2O2. The van der Waals surface area contributed by atoms with E-state index in [4.69, 9.17) is 4.74 Å². The molecule has 1 rings (SSSR count). The first-order chi connectivity index (χ1) is 6.63. The molecule has 0 amide bonds. The third-order valence-corrected chi connectivity index (χ3v) is 1.56. The van der Waals surface area contributed by atoms with Crippen LogP contribution in [-0.2, 0) is 0 Å². The van der Waals surface area contributed by atoms with E-state index in [1.54, 1.807) is 12.1 Å². The Morgan fingerprint density at radius 1 is 1.43 bits per heavy atom. The third-order valence-electron chi connectivity index (χ3n) is 1.56. The maximum Gasteiger partial charge on any atom is 0.387 e. The molecule has 0 saturated carbocycles. The molecule has 0 aromatic heterocycles. The van der Waals surface area contributed by atoms with Crippen molar-refractivity contribution in [2.45, 2.75) is 13.5 Å². The molecule has 1 radical (unpaired) electrons. The summed E-state index contributed by atoms with van der Waals surface area (Å²) >= 11 is 0. The van der Waals surface area contributed by atoms with Gasteiger partial charge in [-0.05, 0) is 37.6 Å². The van der Waals surface area contributed by atoms with Crippen molar-refractivity contribution in [1.82, 2.24) is 0 Å². The van der Waals surface area contributed by atoms with Crippen LogP contribution >= 0.6 is 0 Å². The molecule has 0 saturated heterocycles. The zero-order valence-corrected chi connectivity index (χ0v) is 7.80. The highest BCUT2D eigenvalue weighted by atomic mass is 19.3. The number of hydrogen-bond acceptors (Lipinski definition) is 2. The Morgan fingerprint density at radius 2 is 2.14 bits per heavy atom. The lowest BCUT2D eigenvalue weighted by atomic mass is 10.2. The zero-order valence-electron chi connectivity index (χ0n) is 7.80. The number of rotatable bonds is 4. The van der Waals surface area contributed by atoms with Gasteiger partial charge in [0.1, 0.15) is 11.5 Å². The molecule has 1 aromatic rings. The summed E-state index contributed by atoms with van der Waals surface area (Å²) in [5, 5.41) is 0. The van der Waals surface area contributed by atoms with Gasteiger partial charge in [0, 0.05) is 0 Å². The van der Waals surface area contributed by atoms with Crippen molar-refractivity contribution in [3.63, 3.8) is 0 Å². The van der Waals surface area contributed by atoms with Crippen LogP contribution in [0, 0.1) is 6.92 Å². The molecule has 0 spiro atoms. The predicted molar refractivity (Wildman–Crippen MR) is 48.7 cm³/mol. The van der Waals surface area contributed by atoms with Gasteiger partial charge in [0.15, 0.2) is 0 Å². The third kappa shape index (κ3) is 2.87. The molecule has 1 aromatic carbocycles. The average Bonchev–Trinajstić information content (AvgIpc) is 2.10. The van der Waals surface area contributed by atoms with Crippen molar-refractivity contribution in [3.05, 3.63) is 30.7 Å². The fraction of sp³-hybridized carbons (Fsp3) is 0.300. The topological polar surface area (TPSA) is 18.5 Å². The second-order valence-corrected chi connectivity index (χ2v) is 2.58. The lowest BCUT2D eigenvalue weighted by molar-refractivity contribution is -0.0501. The maximum absolute atomic E-state index is 11.9. The molecule has 77 valence electrons. The smallest absolute Gasteiger partial charge is 0.387 e. The van der Waals surface area contributed by atoms with Crippen molar-refractivity contribution in [1.29, 1.82) is 0 Å². The Kier molecular flexibility index (Phi) is 3.68. The minimum atomic E-state index is -2.83. The van der Waals surface area contributed by atoms with Gasteiger partial charge in [-0.15, -0.1) is 0 Å². The molecule has 0 aliphatic carbocycles. The summed E-state index contributed by atoms with van der Waals surface area (Å²) < 4.78 is 33.1. The molecule has 0 heterocycles. The molecule has 4 heteroatoms. The number of alkyl halides is 2. The summed E-state index contributed by atoms with van der Waals surface area (Å²) in [4.78, 5) is 0. The number of halogens is 2. The molecule has 0 N–H and O–H groups in total. The summed E-state index contributed by atoms with van der Waals surface area (Å²) in [5.74, 6) is 0.669. The van der Waals surface area contributed by atoms with Crippen LogP contribution in [0.25, 0.3) is 0 Å². The van der Waals surface area contributed by atoms with E-state index in [2.05, 4.69) is 11.7 Å². The zero-order chi connectivity index (χ0) is 10.6. The van der Waals surface area contributed by atoms with E-state index in [-0.39, 0.29) is 5.75 Å². The van der Waals surface area contributed by atoms with Crippen LogP contribution < -0.4 is 9.47 Å². The monoisotopic (exact) mass is 201 g/mol. The van der Waals surface area contributed by atoms with E-state index in [0.717, 1.165) is 0 Å². The highest BCUT2D eigenvalue weighted by molar-refractivity contribution is 5.41. The normalized spacial score (nSPS) is 10.4. The van der Waals surface area contributed by atoms with E-state index < -0.39 is 6.61 Å². The standard InChI is InChI=1S/C10H11F2O2/c1-3-13-8-4-5-9(7(2)6-8)14-10(11)12/h4-6,10H,2-3H2,1H3. The van der Waals surface area contributed by atoms with Gasteiger partial charge >= 0.3 is 6.61 Å². The molecule has 14 heavy (non-hydrogen) atoms. The Morgan fingerprint density at radius 3 is 2.64 bits per heavy atom. The SMILES string of the molecule is [CH2]c1cc(OCC)ccc1OC(F)F.